The summed E-state index contributed by atoms with van der Waals surface area (Å²) in [6.45, 7) is 5.57. The molecule has 206 valence electrons. The monoisotopic (exact) mass is 549 g/mol. The van der Waals surface area contributed by atoms with Crippen molar-refractivity contribution in [3.8, 4) is 11.1 Å². The summed E-state index contributed by atoms with van der Waals surface area (Å²) in [5.41, 5.74) is 12.1. The maximum atomic E-state index is 12.7. The average molecular weight is 550 g/mol. The fraction of sp³-hybridized carbons (Fsp3) is 0.379. The van der Waals surface area contributed by atoms with Gasteiger partial charge in [0.2, 0.25) is 15.9 Å². The summed E-state index contributed by atoms with van der Waals surface area (Å²) in [6.07, 6.45) is 6.52. The van der Waals surface area contributed by atoms with Crippen LogP contribution in [0.2, 0.25) is 0 Å². The van der Waals surface area contributed by atoms with Crippen molar-refractivity contribution in [2.75, 3.05) is 44.3 Å². The fourth-order valence-electron chi connectivity index (χ4n) is 5.57. The molecule has 4 N–H and O–H groups in total. The number of sulfonamides is 1. The van der Waals surface area contributed by atoms with Crippen LogP contribution < -0.4 is 11.1 Å². The second kappa shape index (κ2) is 11.0. The van der Waals surface area contributed by atoms with Crippen LogP contribution in [0.3, 0.4) is 0 Å². The van der Waals surface area contributed by atoms with E-state index in [0.29, 0.717) is 37.0 Å². The zero-order chi connectivity index (χ0) is 27.7. The number of fused-ring (bicyclic) bond motifs is 1. The summed E-state index contributed by atoms with van der Waals surface area (Å²) in [7, 11) is -3.26. The van der Waals surface area contributed by atoms with E-state index in [1.165, 1.54) is 23.4 Å². The molecule has 1 saturated heterocycles. The number of carbonyl (C=O) groups is 2. The van der Waals surface area contributed by atoms with Gasteiger partial charge >= 0.3 is 0 Å². The number of nitrogens with zero attached hydrogens (tertiary/aromatic N) is 2. The normalized spacial score (nSPS) is 16.9. The SMILES string of the molecule is Cc1c(NC(=O)CCN2CCCC2)cccc1-c1ccc(C(N)=O)c2[nH]c(C3=CCN(S(C)(=O)=O)CC3)cc12. The van der Waals surface area contributed by atoms with Gasteiger partial charge in [0.15, 0.2) is 0 Å². The number of aromatic nitrogens is 1. The van der Waals surface area contributed by atoms with Crippen molar-refractivity contribution in [1.29, 1.82) is 0 Å². The number of hydrogen-bond donors (Lipinski definition) is 3. The molecule has 2 amide bonds. The Morgan fingerprint density at radius 2 is 1.85 bits per heavy atom. The molecule has 2 aromatic carbocycles. The van der Waals surface area contributed by atoms with E-state index in [0.717, 1.165) is 58.7 Å². The van der Waals surface area contributed by atoms with Crippen LogP contribution in [-0.4, -0.2) is 73.4 Å². The molecule has 0 radical (unpaired) electrons. The molecule has 9 nitrogen and oxygen atoms in total. The van der Waals surface area contributed by atoms with Crippen LogP contribution in [0.15, 0.2) is 42.5 Å². The number of benzene rings is 2. The highest BCUT2D eigenvalue weighted by atomic mass is 32.2. The van der Waals surface area contributed by atoms with E-state index in [1.807, 2.05) is 43.3 Å². The first-order valence-electron chi connectivity index (χ1n) is 13.3. The van der Waals surface area contributed by atoms with Crippen LogP contribution in [0.1, 0.15) is 47.3 Å². The highest BCUT2D eigenvalue weighted by molar-refractivity contribution is 7.88. The Hall–Kier alpha value is -3.47. The molecule has 2 aliphatic heterocycles. The highest BCUT2D eigenvalue weighted by Crippen LogP contribution is 2.37. The first kappa shape index (κ1) is 27.1. The molecular formula is C29H35N5O4S. The molecule has 1 fully saturated rings. The minimum atomic E-state index is -3.26. The molecule has 0 spiro atoms. The Morgan fingerprint density at radius 3 is 2.51 bits per heavy atom. The smallest absolute Gasteiger partial charge is 0.250 e. The van der Waals surface area contributed by atoms with Gasteiger partial charge in [-0.3, -0.25) is 9.59 Å². The summed E-state index contributed by atoms with van der Waals surface area (Å²) in [5, 5.41) is 3.93. The lowest BCUT2D eigenvalue weighted by molar-refractivity contribution is -0.116. The van der Waals surface area contributed by atoms with Gasteiger partial charge in [0.05, 0.1) is 17.3 Å². The van der Waals surface area contributed by atoms with E-state index in [2.05, 4.69) is 15.2 Å². The number of amides is 2. The molecule has 39 heavy (non-hydrogen) atoms. The van der Waals surface area contributed by atoms with Crippen LogP contribution in [-0.2, 0) is 14.8 Å². The zero-order valence-corrected chi connectivity index (χ0v) is 23.2. The fourth-order valence-corrected chi connectivity index (χ4v) is 6.34. The minimum absolute atomic E-state index is 0.00678. The molecule has 10 heteroatoms. The lowest BCUT2D eigenvalue weighted by Gasteiger charge is -2.23. The number of nitrogens with two attached hydrogens (primary N) is 1. The molecule has 0 aliphatic carbocycles. The topological polar surface area (TPSA) is 129 Å². The molecular weight excluding hydrogens is 514 g/mol. The molecule has 0 atom stereocenters. The van der Waals surface area contributed by atoms with Crippen LogP contribution in [0.5, 0.6) is 0 Å². The second-order valence-corrected chi connectivity index (χ2v) is 12.4. The van der Waals surface area contributed by atoms with Crippen molar-refractivity contribution in [3.63, 3.8) is 0 Å². The summed E-state index contributed by atoms with van der Waals surface area (Å²) < 4.78 is 25.3. The number of aromatic amines is 1. The van der Waals surface area contributed by atoms with Gasteiger partial charge in [0, 0.05) is 42.8 Å². The molecule has 0 saturated carbocycles. The van der Waals surface area contributed by atoms with Crippen LogP contribution >= 0.6 is 0 Å². The number of rotatable bonds is 8. The van der Waals surface area contributed by atoms with E-state index < -0.39 is 15.9 Å². The van der Waals surface area contributed by atoms with Gasteiger partial charge in [-0.15, -0.1) is 0 Å². The molecule has 0 unspecified atom stereocenters. The van der Waals surface area contributed by atoms with E-state index in [9.17, 15) is 18.0 Å². The van der Waals surface area contributed by atoms with Crippen LogP contribution in [0.4, 0.5) is 5.69 Å². The zero-order valence-electron chi connectivity index (χ0n) is 22.4. The van der Waals surface area contributed by atoms with Gasteiger partial charge < -0.3 is 20.9 Å². The van der Waals surface area contributed by atoms with Crippen molar-refractivity contribution in [2.24, 2.45) is 5.73 Å². The van der Waals surface area contributed by atoms with Crippen molar-refractivity contribution < 1.29 is 18.0 Å². The summed E-state index contributed by atoms with van der Waals surface area (Å²) in [5.74, 6) is -0.538. The van der Waals surface area contributed by atoms with Crippen molar-refractivity contribution in [2.45, 2.75) is 32.6 Å². The first-order chi connectivity index (χ1) is 18.6. The number of hydrogen-bond acceptors (Lipinski definition) is 5. The maximum absolute atomic E-state index is 12.7. The number of carbonyl (C=O) groups excluding carboxylic acids is 2. The van der Waals surface area contributed by atoms with Gasteiger partial charge in [-0.25, -0.2) is 8.42 Å². The average Bonchev–Trinajstić information content (AvgIpc) is 3.58. The van der Waals surface area contributed by atoms with Crippen LogP contribution in [0.25, 0.3) is 27.6 Å². The van der Waals surface area contributed by atoms with Gasteiger partial charge in [0.1, 0.15) is 0 Å². The van der Waals surface area contributed by atoms with Crippen LogP contribution in [0, 0.1) is 6.92 Å². The predicted molar refractivity (Wildman–Crippen MR) is 155 cm³/mol. The molecule has 5 rings (SSSR count). The van der Waals surface area contributed by atoms with Gasteiger partial charge in [0.25, 0.3) is 5.91 Å². The van der Waals surface area contributed by atoms with Crippen molar-refractivity contribution >= 4 is 44.0 Å². The number of likely N-dealkylation sites (tertiary alicyclic amines) is 1. The molecule has 2 aliphatic rings. The highest BCUT2D eigenvalue weighted by Gasteiger charge is 2.23. The second-order valence-electron chi connectivity index (χ2n) is 10.4. The number of anilines is 1. The number of nitrogens with one attached hydrogen (secondary N) is 2. The molecule has 1 aromatic heterocycles. The lowest BCUT2D eigenvalue weighted by Crippen LogP contribution is -2.33. The summed E-state index contributed by atoms with van der Waals surface area (Å²) in [6, 6.07) is 11.4. The lowest BCUT2D eigenvalue weighted by atomic mass is 9.94. The molecule has 0 bridgehead atoms. The number of primary amides is 1. The van der Waals surface area contributed by atoms with Gasteiger partial charge in [-0.05, 0) is 79.7 Å². The summed E-state index contributed by atoms with van der Waals surface area (Å²) >= 11 is 0. The largest absolute Gasteiger partial charge is 0.366 e. The third-order valence-corrected chi connectivity index (χ3v) is 9.07. The molecule has 3 heterocycles. The quantitative estimate of drug-likeness (QED) is 0.395. The van der Waals surface area contributed by atoms with Crippen molar-refractivity contribution in [3.05, 3.63) is 59.3 Å². The molecule has 3 aromatic rings. The van der Waals surface area contributed by atoms with E-state index in [1.54, 1.807) is 6.07 Å². The Labute approximate surface area is 229 Å². The number of H-pyrrole nitrogens is 1. The third kappa shape index (κ3) is 5.78. The summed E-state index contributed by atoms with van der Waals surface area (Å²) in [4.78, 5) is 30.7. The predicted octanol–water partition coefficient (Wildman–Crippen LogP) is 3.72. The van der Waals surface area contributed by atoms with Crippen molar-refractivity contribution in [1.82, 2.24) is 14.2 Å². The Kier molecular flexibility index (Phi) is 7.61. The van der Waals surface area contributed by atoms with E-state index in [-0.39, 0.29) is 5.91 Å². The Morgan fingerprint density at radius 1 is 1.08 bits per heavy atom. The minimum Gasteiger partial charge on any atom is -0.366 e. The maximum Gasteiger partial charge on any atom is 0.250 e. The standard InChI is InChI=1S/C29H35N5O4S/c1-19-21(6-5-7-25(19)31-27(35)12-15-33-13-3-4-14-33)22-8-9-23(29(30)36)28-24(22)18-26(32-28)20-10-16-34(17-11-20)39(2,37)38/h5-10,18,32H,3-4,11-17H2,1-2H3,(H2,30,36)(H,31,35). The Bertz CT molecular complexity index is 1570. The van der Waals surface area contributed by atoms with Gasteiger partial charge in [-0.2, -0.15) is 4.31 Å². The van der Waals surface area contributed by atoms with E-state index >= 15 is 0 Å². The third-order valence-electron chi connectivity index (χ3n) is 7.80. The first-order valence-corrected chi connectivity index (χ1v) is 15.2. The van der Waals surface area contributed by atoms with Gasteiger partial charge in [-0.1, -0.05) is 24.3 Å². The van der Waals surface area contributed by atoms with E-state index in [4.69, 9.17) is 5.73 Å². The Balaban J connectivity index is 1.47.